The molecule has 0 atom stereocenters. The molecule has 5 heteroatoms. The first-order valence-corrected chi connectivity index (χ1v) is 13.6. The van der Waals surface area contributed by atoms with Gasteiger partial charge in [0.1, 0.15) is 11.0 Å². The van der Waals surface area contributed by atoms with Gasteiger partial charge in [-0.2, -0.15) is 4.80 Å². The molecular weight excluding hydrogens is 502 g/mol. The largest absolute Gasteiger partial charge is 0.245 e. The highest BCUT2D eigenvalue weighted by Crippen LogP contribution is 2.31. The topological polar surface area (TPSA) is 56.5 Å². The standard InChI is InChI=1S/C36H23N5/c1-3-8-24(9-4-1)31-19-16-25-14-15-26-17-20-32(38-36(26)35(25)37-31)29-11-7-10-27(22-29)28-18-21-33-34(23-28)40-41(39-33)30-12-5-2-6-13-30/h1-23H. The minimum Gasteiger partial charge on any atom is -0.245 e. The lowest BCUT2D eigenvalue weighted by Crippen LogP contribution is -1.97. The second-order valence-electron chi connectivity index (χ2n) is 10.1. The van der Waals surface area contributed by atoms with Gasteiger partial charge in [0.2, 0.25) is 0 Å². The van der Waals surface area contributed by atoms with E-state index in [2.05, 4.69) is 90.0 Å². The van der Waals surface area contributed by atoms with Crippen molar-refractivity contribution < 1.29 is 0 Å². The molecule has 8 rings (SSSR count). The van der Waals surface area contributed by atoms with E-state index >= 15 is 0 Å². The van der Waals surface area contributed by atoms with E-state index in [9.17, 15) is 0 Å². The number of aromatic nitrogens is 5. The number of hydrogen-bond acceptors (Lipinski definition) is 4. The SMILES string of the molecule is c1ccc(-c2ccc3ccc4ccc(-c5cccc(-c6ccc7nn(-c8ccccc8)nc7c6)c5)nc4c3n2)cc1. The van der Waals surface area contributed by atoms with Crippen LogP contribution in [0.4, 0.5) is 0 Å². The fourth-order valence-electron chi connectivity index (χ4n) is 5.33. The molecular formula is C36H23N5. The van der Waals surface area contributed by atoms with Crippen molar-refractivity contribution in [2.45, 2.75) is 0 Å². The molecule has 0 saturated heterocycles. The second-order valence-corrected chi connectivity index (χ2v) is 10.1. The van der Waals surface area contributed by atoms with Gasteiger partial charge in [0.25, 0.3) is 0 Å². The zero-order valence-corrected chi connectivity index (χ0v) is 22.0. The molecule has 3 heterocycles. The summed E-state index contributed by atoms with van der Waals surface area (Å²) >= 11 is 0. The average molecular weight is 526 g/mol. The van der Waals surface area contributed by atoms with E-state index in [4.69, 9.17) is 15.1 Å². The van der Waals surface area contributed by atoms with Gasteiger partial charge < -0.3 is 0 Å². The lowest BCUT2D eigenvalue weighted by atomic mass is 10.0. The van der Waals surface area contributed by atoms with E-state index in [1.165, 1.54) is 0 Å². The summed E-state index contributed by atoms with van der Waals surface area (Å²) in [6.45, 7) is 0. The van der Waals surface area contributed by atoms with Crippen LogP contribution in [-0.4, -0.2) is 25.0 Å². The van der Waals surface area contributed by atoms with Crippen LogP contribution in [0.1, 0.15) is 0 Å². The molecule has 0 fully saturated rings. The van der Waals surface area contributed by atoms with Crippen molar-refractivity contribution in [2.75, 3.05) is 0 Å². The number of rotatable bonds is 4. The van der Waals surface area contributed by atoms with Crippen molar-refractivity contribution in [1.29, 1.82) is 0 Å². The summed E-state index contributed by atoms with van der Waals surface area (Å²) in [6, 6.07) is 47.6. The minimum absolute atomic E-state index is 0.854. The highest BCUT2D eigenvalue weighted by Gasteiger charge is 2.11. The van der Waals surface area contributed by atoms with E-state index in [1.807, 2.05) is 54.6 Å². The molecule has 192 valence electrons. The molecule has 41 heavy (non-hydrogen) atoms. The number of benzene rings is 5. The van der Waals surface area contributed by atoms with E-state index in [0.29, 0.717) is 0 Å². The molecule has 8 aromatic rings. The van der Waals surface area contributed by atoms with Crippen molar-refractivity contribution in [3.8, 4) is 39.3 Å². The van der Waals surface area contributed by atoms with E-state index < -0.39 is 0 Å². The van der Waals surface area contributed by atoms with Crippen molar-refractivity contribution in [1.82, 2.24) is 25.0 Å². The second kappa shape index (κ2) is 9.50. The molecule has 5 aromatic carbocycles. The molecule has 0 aliphatic heterocycles. The van der Waals surface area contributed by atoms with Crippen molar-refractivity contribution in [3.63, 3.8) is 0 Å². The third-order valence-corrected chi connectivity index (χ3v) is 7.45. The van der Waals surface area contributed by atoms with Crippen molar-refractivity contribution in [2.24, 2.45) is 0 Å². The van der Waals surface area contributed by atoms with Crippen molar-refractivity contribution in [3.05, 3.63) is 140 Å². The fourth-order valence-corrected chi connectivity index (χ4v) is 5.33. The summed E-state index contributed by atoms with van der Waals surface area (Å²) < 4.78 is 0. The first-order valence-electron chi connectivity index (χ1n) is 13.6. The molecule has 0 spiro atoms. The normalized spacial score (nSPS) is 11.4. The van der Waals surface area contributed by atoms with Crippen LogP contribution in [0.25, 0.3) is 72.2 Å². The van der Waals surface area contributed by atoms with Crippen molar-refractivity contribution >= 4 is 32.8 Å². The third kappa shape index (κ3) is 4.21. The molecule has 3 aromatic heterocycles. The maximum Gasteiger partial charge on any atom is 0.114 e. The molecule has 0 amide bonds. The maximum atomic E-state index is 5.14. The summed E-state index contributed by atoms with van der Waals surface area (Å²) in [4.78, 5) is 11.9. The highest BCUT2D eigenvalue weighted by atomic mass is 15.5. The summed E-state index contributed by atoms with van der Waals surface area (Å²) in [6.07, 6.45) is 0. The molecule has 5 nitrogen and oxygen atoms in total. The van der Waals surface area contributed by atoms with E-state index in [0.717, 1.165) is 72.2 Å². The predicted octanol–water partition coefficient (Wildman–Crippen LogP) is 8.52. The summed E-state index contributed by atoms with van der Waals surface area (Å²) in [5.74, 6) is 0. The van der Waals surface area contributed by atoms with Gasteiger partial charge >= 0.3 is 0 Å². The summed E-state index contributed by atoms with van der Waals surface area (Å²) in [5, 5.41) is 11.5. The molecule has 0 unspecified atom stereocenters. The number of nitrogens with zero attached hydrogens (tertiary/aromatic N) is 5. The Morgan fingerprint density at radius 1 is 0.390 bits per heavy atom. The number of para-hydroxylation sites is 1. The van der Waals surface area contributed by atoms with Crippen LogP contribution in [0, 0.1) is 0 Å². The monoisotopic (exact) mass is 525 g/mol. The molecule has 0 aliphatic carbocycles. The van der Waals surface area contributed by atoms with E-state index in [-0.39, 0.29) is 0 Å². The van der Waals surface area contributed by atoms with Gasteiger partial charge in [0.05, 0.1) is 28.1 Å². The Labute approximate surface area is 236 Å². The average Bonchev–Trinajstić information content (AvgIpc) is 3.49. The Morgan fingerprint density at radius 2 is 0.951 bits per heavy atom. The first kappa shape index (κ1) is 23.2. The first-order chi connectivity index (χ1) is 20.3. The van der Waals surface area contributed by atoms with Crippen LogP contribution in [0.2, 0.25) is 0 Å². The van der Waals surface area contributed by atoms with Gasteiger partial charge in [-0.05, 0) is 53.6 Å². The third-order valence-electron chi connectivity index (χ3n) is 7.45. The summed E-state index contributed by atoms with van der Waals surface area (Å²) in [5.41, 5.74) is 10.6. The minimum atomic E-state index is 0.854. The van der Waals surface area contributed by atoms with Gasteiger partial charge in [0.15, 0.2) is 0 Å². The molecule has 0 N–H and O–H groups in total. The Kier molecular flexibility index (Phi) is 5.38. The molecule has 0 radical (unpaired) electrons. The number of pyridine rings is 2. The number of hydrogen-bond donors (Lipinski definition) is 0. The van der Waals surface area contributed by atoms with Gasteiger partial charge in [-0.3, -0.25) is 0 Å². The van der Waals surface area contributed by atoms with Crippen LogP contribution in [-0.2, 0) is 0 Å². The maximum absolute atomic E-state index is 5.14. The summed E-state index contributed by atoms with van der Waals surface area (Å²) in [7, 11) is 0. The molecule has 0 bridgehead atoms. The number of fused-ring (bicyclic) bond motifs is 4. The smallest absolute Gasteiger partial charge is 0.114 e. The Bertz CT molecular complexity index is 2200. The van der Waals surface area contributed by atoms with Gasteiger partial charge in [-0.1, -0.05) is 97.1 Å². The lowest BCUT2D eigenvalue weighted by molar-refractivity contribution is 0.766. The van der Waals surface area contributed by atoms with E-state index in [1.54, 1.807) is 4.80 Å². The van der Waals surface area contributed by atoms with Crippen LogP contribution in [0.5, 0.6) is 0 Å². The Morgan fingerprint density at radius 3 is 1.68 bits per heavy atom. The molecule has 0 aliphatic rings. The quantitative estimate of drug-likeness (QED) is 0.216. The zero-order chi connectivity index (χ0) is 27.2. The zero-order valence-electron chi connectivity index (χ0n) is 22.0. The molecule has 0 saturated carbocycles. The fraction of sp³-hybridized carbons (Fsp3) is 0. The predicted molar refractivity (Wildman–Crippen MR) is 166 cm³/mol. The lowest BCUT2D eigenvalue weighted by Gasteiger charge is -2.09. The van der Waals surface area contributed by atoms with Crippen LogP contribution in [0.15, 0.2) is 140 Å². The van der Waals surface area contributed by atoms with Crippen LogP contribution < -0.4 is 0 Å². The van der Waals surface area contributed by atoms with Crippen LogP contribution in [0.3, 0.4) is 0 Å². The van der Waals surface area contributed by atoms with Gasteiger partial charge in [-0.15, -0.1) is 10.2 Å². The van der Waals surface area contributed by atoms with Gasteiger partial charge in [0, 0.05) is 21.9 Å². The highest BCUT2D eigenvalue weighted by molar-refractivity contribution is 6.04. The van der Waals surface area contributed by atoms with Gasteiger partial charge in [-0.25, -0.2) is 9.97 Å². The van der Waals surface area contributed by atoms with Crippen LogP contribution >= 0.6 is 0 Å². The Hall–Kier alpha value is -5.68. The Balaban J connectivity index is 1.20.